The van der Waals surface area contributed by atoms with Crippen molar-refractivity contribution in [3.05, 3.63) is 35.9 Å². The van der Waals surface area contributed by atoms with Crippen LogP contribution in [0.2, 0.25) is 0 Å². The van der Waals surface area contributed by atoms with E-state index in [1.54, 1.807) is 0 Å². The van der Waals surface area contributed by atoms with Crippen LogP contribution < -0.4 is 0 Å². The molecule has 2 unspecified atom stereocenters. The summed E-state index contributed by atoms with van der Waals surface area (Å²) in [5.74, 6) is 0. The summed E-state index contributed by atoms with van der Waals surface area (Å²) in [6.45, 7) is 12.8. The number of benzene rings is 1. The standard InChI is InChI=1S/C19H31N3O/c1-5-20(6-2)19(23)21-14-16(3)22(17(4)15-21)13-12-18-10-8-7-9-11-18/h7-11,16-17H,5-6,12-15H2,1-4H3. The number of nitrogens with zero attached hydrogens (tertiary/aromatic N) is 3. The lowest BCUT2D eigenvalue weighted by Gasteiger charge is -2.45. The third-order valence-corrected chi connectivity index (χ3v) is 4.91. The molecule has 0 bridgehead atoms. The van der Waals surface area contributed by atoms with Crippen LogP contribution in [0.5, 0.6) is 0 Å². The highest BCUT2D eigenvalue weighted by Crippen LogP contribution is 2.18. The largest absolute Gasteiger partial charge is 0.325 e. The lowest BCUT2D eigenvalue weighted by molar-refractivity contribution is 0.0463. The second-order valence-electron chi connectivity index (χ2n) is 6.53. The van der Waals surface area contributed by atoms with Crippen LogP contribution in [-0.4, -0.2) is 65.5 Å². The van der Waals surface area contributed by atoms with E-state index in [1.807, 2.05) is 23.6 Å². The average molecular weight is 317 g/mol. The zero-order valence-corrected chi connectivity index (χ0v) is 15.0. The van der Waals surface area contributed by atoms with Crippen LogP contribution in [0.25, 0.3) is 0 Å². The first-order valence-corrected chi connectivity index (χ1v) is 8.90. The smallest absolute Gasteiger partial charge is 0.320 e. The molecule has 0 spiro atoms. The Hall–Kier alpha value is -1.55. The Morgan fingerprint density at radius 1 is 1.09 bits per heavy atom. The first kappa shape index (κ1) is 17.8. The van der Waals surface area contributed by atoms with Crippen LogP contribution in [-0.2, 0) is 6.42 Å². The number of piperazine rings is 1. The van der Waals surface area contributed by atoms with Crippen LogP contribution >= 0.6 is 0 Å². The van der Waals surface area contributed by atoms with Gasteiger partial charge in [0.1, 0.15) is 0 Å². The van der Waals surface area contributed by atoms with Crippen molar-refractivity contribution >= 4 is 6.03 Å². The molecule has 2 rings (SSSR count). The Morgan fingerprint density at radius 3 is 2.17 bits per heavy atom. The second kappa shape index (κ2) is 8.34. The van der Waals surface area contributed by atoms with Gasteiger partial charge in [-0.2, -0.15) is 0 Å². The van der Waals surface area contributed by atoms with Crippen molar-refractivity contribution in [2.75, 3.05) is 32.7 Å². The first-order chi connectivity index (χ1) is 11.1. The molecule has 4 heteroatoms. The van der Waals surface area contributed by atoms with Crippen molar-refractivity contribution in [1.29, 1.82) is 0 Å². The minimum absolute atomic E-state index is 0.191. The number of urea groups is 1. The van der Waals surface area contributed by atoms with Crippen molar-refractivity contribution in [2.24, 2.45) is 0 Å². The predicted molar refractivity (Wildman–Crippen MR) is 95.7 cm³/mol. The maximum atomic E-state index is 12.6. The highest BCUT2D eigenvalue weighted by molar-refractivity contribution is 5.74. The highest BCUT2D eigenvalue weighted by Gasteiger charge is 2.32. The number of hydrogen-bond donors (Lipinski definition) is 0. The van der Waals surface area contributed by atoms with Gasteiger partial charge in [-0.25, -0.2) is 4.79 Å². The summed E-state index contributed by atoms with van der Waals surface area (Å²) >= 11 is 0. The lowest BCUT2D eigenvalue weighted by atomic mass is 10.1. The van der Waals surface area contributed by atoms with E-state index in [1.165, 1.54) is 5.56 Å². The molecule has 1 heterocycles. The highest BCUT2D eigenvalue weighted by atomic mass is 16.2. The van der Waals surface area contributed by atoms with Gasteiger partial charge in [0.05, 0.1) is 0 Å². The lowest BCUT2D eigenvalue weighted by Crippen LogP contribution is -2.60. The Balaban J connectivity index is 1.93. The molecular weight excluding hydrogens is 286 g/mol. The van der Waals surface area contributed by atoms with Gasteiger partial charge in [-0.1, -0.05) is 30.3 Å². The van der Waals surface area contributed by atoms with E-state index in [0.717, 1.165) is 39.1 Å². The number of carbonyl (C=O) groups is 1. The molecule has 2 atom stereocenters. The molecule has 0 N–H and O–H groups in total. The second-order valence-corrected chi connectivity index (χ2v) is 6.53. The van der Waals surface area contributed by atoms with E-state index in [-0.39, 0.29) is 6.03 Å². The molecule has 0 radical (unpaired) electrons. The molecule has 4 nitrogen and oxygen atoms in total. The molecule has 0 aromatic heterocycles. The Labute approximate surface area is 141 Å². The number of carbonyl (C=O) groups excluding carboxylic acids is 1. The maximum absolute atomic E-state index is 12.6. The molecule has 1 saturated heterocycles. The summed E-state index contributed by atoms with van der Waals surface area (Å²) in [5, 5.41) is 0. The van der Waals surface area contributed by atoms with Crippen LogP contribution in [0, 0.1) is 0 Å². The molecule has 1 fully saturated rings. The SMILES string of the molecule is CCN(CC)C(=O)N1CC(C)N(CCc2ccccc2)C(C)C1. The fourth-order valence-electron chi connectivity index (χ4n) is 3.55. The molecule has 2 amide bonds. The molecule has 1 aliphatic rings. The molecular formula is C19H31N3O. The van der Waals surface area contributed by atoms with Crippen LogP contribution in [0.4, 0.5) is 4.79 Å². The maximum Gasteiger partial charge on any atom is 0.320 e. The third-order valence-electron chi connectivity index (χ3n) is 4.91. The van der Waals surface area contributed by atoms with Crippen molar-refractivity contribution < 1.29 is 4.79 Å². The van der Waals surface area contributed by atoms with Crippen LogP contribution in [0.15, 0.2) is 30.3 Å². The molecule has 128 valence electrons. The minimum Gasteiger partial charge on any atom is -0.325 e. The van der Waals surface area contributed by atoms with E-state index < -0.39 is 0 Å². The van der Waals surface area contributed by atoms with Gasteiger partial charge >= 0.3 is 6.03 Å². The van der Waals surface area contributed by atoms with Crippen molar-refractivity contribution in [1.82, 2.24) is 14.7 Å². The number of hydrogen-bond acceptors (Lipinski definition) is 2. The van der Waals surface area contributed by atoms with E-state index in [2.05, 4.69) is 49.1 Å². The van der Waals surface area contributed by atoms with Gasteiger partial charge in [-0.05, 0) is 39.7 Å². The molecule has 23 heavy (non-hydrogen) atoms. The van der Waals surface area contributed by atoms with Gasteiger partial charge in [0.25, 0.3) is 0 Å². The van der Waals surface area contributed by atoms with Gasteiger partial charge < -0.3 is 9.80 Å². The van der Waals surface area contributed by atoms with E-state index in [9.17, 15) is 4.79 Å². The summed E-state index contributed by atoms with van der Waals surface area (Å²) in [6.07, 6.45) is 1.07. The monoisotopic (exact) mass is 317 g/mol. The predicted octanol–water partition coefficient (Wildman–Crippen LogP) is 3.09. The van der Waals surface area contributed by atoms with Crippen LogP contribution in [0.1, 0.15) is 33.3 Å². The number of rotatable bonds is 5. The van der Waals surface area contributed by atoms with Gasteiger partial charge in [0.15, 0.2) is 0 Å². The van der Waals surface area contributed by atoms with E-state index >= 15 is 0 Å². The van der Waals surface area contributed by atoms with Crippen molar-refractivity contribution in [2.45, 2.75) is 46.2 Å². The molecule has 1 aromatic carbocycles. The Bertz CT molecular complexity index is 475. The summed E-state index contributed by atoms with van der Waals surface area (Å²) in [7, 11) is 0. The van der Waals surface area contributed by atoms with Gasteiger partial charge in [0.2, 0.25) is 0 Å². The minimum atomic E-state index is 0.191. The Kier molecular flexibility index (Phi) is 6.46. The summed E-state index contributed by atoms with van der Waals surface area (Å²) < 4.78 is 0. The van der Waals surface area contributed by atoms with Gasteiger partial charge in [0, 0.05) is 44.8 Å². The van der Waals surface area contributed by atoms with Gasteiger partial charge in [-0.3, -0.25) is 4.90 Å². The quantitative estimate of drug-likeness (QED) is 0.834. The fourth-order valence-corrected chi connectivity index (χ4v) is 3.55. The summed E-state index contributed by atoms with van der Waals surface area (Å²) in [6, 6.07) is 11.6. The van der Waals surface area contributed by atoms with Crippen molar-refractivity contribution in [3.63, 3.8) is 0 Å². The third kappa shape index (κ3) is 4.47. The average Bonchev–Trinajstić information content (AvgIpc) is 2.56. The molecule has 1 aromatic rings. The molecule has 1 aliphatic heterocycles. The van der Waals surface area contributed by atoms with E-state index in [4.69, 9.17) is 0 Å². The first-order valence-electron chi connectivity index (χ1n) is 8.90. The Morgan fingerprint density at radius 2 is 1.65 bits per heavy atom. The zero-order chi connectivity index (χ0) is 16.8. The van der Waals surface area contributed by atoms with Crippen molar-refractivity contribution in [3.8, 4) is 0 Å². The molecule has 0 aliphatic carbocycles. The fraction of sp³-hybridized carbons (Fsp3) is 0.632. The van der Waals surface area contributed by atoms with Gasteiger partial charge in [-0.15, -0.1) is 0 Å². The zero-order valence-electron chi connectivity index (χ0n) is 15.0. The summed E-state index contributed by atoms with van der Waals surface area (Å²) in [5.41, 5.74) is 1.38. The normalized spacial score (nSPS) is 22.2. The topological polar surface area (TPSA) is 26.8 Å². The number of amides is 2. The van der Waals surface area contributed by atoms with Crippen LogP contribution in [0.3, 0.4) is 0 Å². The van der Waals surface area contributed by atoms with E-state index in [0.29, 0.717) is 12.1 Å². The summed E-state index contributed by atoms with van der Waals surface area (Å²) in [4.78, 5) is 19.1. The molecule has 0 saturated carbocycles.